The molecule has 0 spiro atoms. The number of rotatable bonds is 7. The lowest BCUT2D eigenvalue weighted by molar-refractivity contribution is 0.665. The van der Waals surface area contributed by atoms with E-state index >= 15 is 0 Å². The lowest BCUT2D eigenvalue weighted by atomic mass is 10.2. The monoisotopic (exact) mass is 223 g/mol. The van der Waals surface area contributed by atoms with Crippen LogP contribution >= 0.6 is 12.6 Å². The molecule has 0 aliphatic heterocycles. The summed E-state index contributed by atoms with van der Waals surface area (Å²) in [5.74, 6) is 1.02. The van der Waals surface area contributed by atoms with Gasteiger partial charge in [0.05, 0.1) is 0 Å². The molecule has 84 valence electrons. The number of hydrogen-bond acceptors (Lipinski definition) is 2. The van der Waals surface area contributed by atoms with E-state index < -0.39 is 0 Å². The van der Waals surface area contributed by atoms with Crippen LogP contribution in [0.4, 0.5) is 5.69 Å². The van der Waals surface area contributed by atoms with Crippen LogP contribution in [0.25, 0.3) is 0 Å². The van der Waals surface area contributed by atoms with Gasteiger partial charge in [0.25, 0.3) is 0 Å². The Labute approximate surface area is 98.9 Å². The third kappa shape index (κ3) is 5.12. The number of unbranched alkanes of at least 4 members (excludes halogenated alkanes) is 3. The van der Waals surface area contributed by atoms with Crippen molar-refractivity contribution < 1.29 is 0 Å². The topological polar surface area (TPSA) is 3.24 Å². The summed E-state index contributed by atoms with van der Waals surface area (Å²) in [6.45, 7) is 1.15. The minimum atomic E-state index is 1.02. The SMILES string of the molecule is CN(CCCCCCS)c1ccccc1. The highest BCUT2D eigenvalue weighted by Crippen LogP contribution is 2.12. The molecule has 0 radical (unpaired) electrons. The highest BCUT2D eigenvalue weighted by Gasteiger charge is 1.98. The van der Waals surface area contributed by atoms with Crippen molar-refractivity contribution in [2.24, 2.45) is 0 Å². The first kappa shape index (κ1) is 12.4. The van der Waals surface area contributed by atoms with Gasteiger partial charge < -0.3 is 4.90 Å². The van der Waals surface area contributed by atoms with Gasteiger partial charge in [-0.2, -0.15) is 12.6 Å². The van der Waals surface area contributed by atoms with E-state index in [2.05, 4.69) is 54.9 Å². The number of benzene rings is 1. The Bertz CT molecular complexity index is 248. The molecule has 0 atom stereocenters. The fourth-order valence-electron chi connectivity index (χ4n) is 1.63. The standard InChI is InChI=1S/C13H21NS/c1-14(11-7-2-3-8-12-15)13-9-5-4-6-10-13/h4-6,9-10,15H,2-3,7-8,11-12H2,1H3. The molecular formula is C13H21NS. The first-order valence-electron chi connectivity index (χ1n) is 5.71. The zero-order valence-electron chi connectivity index (χ0n) is 9.52. The molecule has 0 saturated carbocycles. The van der Waals surface area contributed by atoms with E-state index in [4.69, 9.17) is 0 Å². The van der Waals surface area contributed by atoms with Crippen LogP contribution in [-0.4, -0.2) is 19.3 Å². The van der Waals surface area contributed by atoms with Gasteiger partial charge in [-0.25, -0.2) is 0 Å². The van der Waals surface area contributed by atoms with Crippen LogP contribution in [0.1, 0.15) is 25.7 Å². The number of hydrogen-bond donors (Lipinski definition) is 1. The predicted molar refractivity (Wildman–Crippen MR) is 72.0 cm³/mol. The first-order chi connectivity index (χ1) is 7.34. The van der Waals surface area contributed by atoms with Gasteiger partial charge in [-0.1, -0.05) is 31.0 Å². The van der Waals surface area contributed by atoms with Gasteiger partial charge in [-0.15, -0.1) is 0 Å². The molecule has 0 aliphatic rings. The Morgan fingerprint density at radius 2 is 1.67 bits per heavy atom. The average molecular weight is 223 g/mol. The maximum Gasteiger partial charge on any atom is 0.0363 e. The van der Waals surface area contributed by atoms with Crippen molar-refractivity contribution in [3.8, 4) is 0 Å². The van der Waals surface area contributed by atoms with E-state index in [9.17, 15) is 0 Å². The summed E-state index contributed by atoms with van der Waals surface area (Å²) >= 11 is 4.21. The molecule has 1 nitrogen and oxygen atoms in total. The summed E-state index contributed by atoms with van der Waals surface area (Å²) in [7, 11) is 2.16. The molecule has 0 bridgehead atoms. The lowest BCUT2D eigenvalue weighted by Gasteiger charge is -2.18. The third-order valence-corrected chi connectivity index (χ3v) is 2.91. The van der Waals surface area contributed by atoms with Crippen molar-refractivity contribution in [1.82, 2.24) is 0 Å². The van der Waals surface area contributed by atoms with E-state index in [1.807, 2.05) is 0 Å². The molecule has 1 rings (SSSR count). The van der Waals surface area contributed by atoms with Gasteiger partial charge in [-0.3, -0.25) is 0 Å². The Hall–Kier alpha value is -0.630. The van der Waals surface area contributed by atoms with Crippen LogP contribution in [0.3, 0.4) is 0 Å². The van der Waals surface area contributed by atoms with Crippen LogP contribution in [-0.2, 0) is 0 Å². The first-order valence-corrected chi connectivity index (χ1v) is 6.35. The van der Waals surface area contributed by atoms with E-state index in [-0.39, 0.29) is 0 Å². The molecule has 0 heterocycles. The summed E-state index contributed by atoms with van der Waals surface area (Å²) in [5.41, 5.74) is 1.31. The molecule has 15 heavy (non-hydrogen) atoms. The molecule has 0 aliphatic carbocycles. The smallest absolute Gasteiger partial charge is 0.0363 e. The van der Waals surface area contributed by atoms with Gasteiger partial charge in [0.1, 0.15) is 0 Å². The summed E-state index contributed by atoms with van der Waals surface area (Å²) in [4.78, 5) is 2.32. The zero-order valence-corrected chi connectivity index (χ0v) is 10.4. The van der Waals surface area contributed by atoms with E-state index in [0.29, 0.717) is 0 Å². The van der Waals surface area contributed by atoms with Crippen molar-refractivity contribution in [1.29, 1.82) is 0 Å². The van der Waals surface area contributed by atoms with Gasteiger partial charge in [0.2, 0.25) is 0 Å². The molecule has 0 fully saturated rings. The van der Waals surface area contributed by atoms with Gasteiger partial charge in [0.15, 0.2) is 0 Å². The molecule has 0 unspecified atom stereocenters. The number of anilines is 1. The van der Waals surface area contributed by atoms with Crippen LogP contribution in [0.2, 0.25) is 0 Å². The van der Waals surface area contributed by atoms with Crippen molar-refractivity contribution in [2.75, 3.05) is 24.2 Å². The van der Waals surface area contributed by atoms with E-state index in [1.165, 1.54) is 31.4 Å². The van der Waals surface area contributed by atoms with Gasteiger partial charge in [0, 0.05) is 19.3 Å². The number of thiol groups is 1. The Kier molecular flexibility index (Phi) is 6.33. The second-order valence-electron chi connectivity index (χ2n) is 3.89. The summed E-state index contributed by atoms with van der Waals surface area (Å²) in [6.07, 6.45) is 5.15. The predicted octanol–water partition coefficient (Wildman–Crippen LogP) is 3.61. The molecule has 2 heteroatoms. The maximum absolute atomic E-state index is 4.21. The Morgan fingerprint density at radius 1 is 1.00 bits per heavy atom. The van der Waals surface area contributed by atoms with Gasteiger partial charge in [-0.05, 0) is 30.7 Å². The van der Waals surface area contributed by atoms with Crippen molar-refractivity contribution >= 4 is 18.3 Å². The molecule has 0 amide bonds. The fourth-order valence-corrected chi connectivity index (χ4v) is 1.85. The van der Waals surface area contributed by atoms with Crippen molar-refractivity contribution in [2.45, 2.75) is 25.7 Å². The van der Waals surface area contributed by atoms with Crippen LogP contribution in [0.15, 0.2) is 30.3 Å². The number of para-hydroxylation sites is 1. The minimum absolute atomic E-state index is 1.02. The van der Waals surface area contributed by atoms with Crippen molar-refractivity contribution in [3.63, 3.8) is 0 Å². The molecule has 1 aromatic rings. The normalized spacial score (nSPS) is 10.3. The molecule has 1 aromatic carbocycles. The summed E-state index contributed by atoms with van der Waals surface area (Å²) in [6, 6.07) is 10.6. The summed E-state index contributed by atoms with van der Waals surface area (Å²) < 4.78 is 0. The second-order valence-corrected chi connectivity index (χ2v) is 4.34. The highest BCUT2D eigenvalue weighted by atomic mass is 32.1. The van der Waals surface area contributed by atoms with Crippen LogP contribution < -0.4 is 4.90 Å². The largest absolute Gasteiger partial charge is 0.375 e. The lowest BCUT2D eigenvalue weighted by Crippen LogP contribution is -2.18. The maximum atomic E-state index is 4.21. The van der Waals surface area contributed by atoms with Crippen LogP contribution in [0.5, 0.6) is 0 Å². The molecular weight excluding hydrogens is 202 g/mol. The van der Waals surface area contributed by atoms with Crippen molar-refractivity contribution in [3.05, 3.63) is 30.3 Å². The summed E-state index contributed by atoms with van der Waals surface area (Å²) in [5, 5.41) is 0. The highest BCUT2D eigenvalue weighted by molar-refractivity contribution is 7.80. The Morgan fingerprint density at radius 3 is 2.33 bits per heavy atom. The third-order valence-electron chi connectivity index (χ3n) is 2.60. The van der Waals surface area contributed by atoms with Gasteiger partial charge >= 0.3 is 0 Å². The molecule has 0 N–H and O–H groups in total. The Balaban J connectivity index is 2.16. The zero-order chi connectivity index (χ0) is 10.9. The van der Waals surface area contributed by atoms with Crippen LogP contribution in [0, 0.1) is 0 Å². The molecule has 0 aromatic heterocycles. The minimum Gasteiger partial charge on any atom is -0.375 e. The second kappa shape index (κ2) is 7.63. The molecule has 0 saturated heterocycles. The fraction of sp³-hybridized carbons (Fsp3) is 0.538. The van der Waals surface area contributed by atoms with E-state index in [1.54, 1.807) is 0 Å². The quantitative estimate of drug-likeness (QED) is 0.546. The number of nitrogens with zero attached hydrogens (tertiary/aromatic N) is 1. The average Bonchev–Trinajstić information content (AvgIpc) is 2.30. The van der Waals surface area contributed by atoms with E-state index in [0.717, 1.165) is 12.3 Å².